The van der Waals surface area contributed by atoms with Gasteiger partial charge in [0.25, 0.3) is 5.91 Å². The van der Waals surface area contributed by atoms with Gasteiger partial charge in [0, 0.05) is 19.3 Å². The van der Waals surface area contributed by atoms with Gasteiger partial charge in [-0.1, -0.05) is 12.1 Å². The molecule has 0 radical (unpaired) electrons. The Balaban J connectivity index is 1.83. The zero-order valence-corrected chi connectivity index (χ0v) is 12.7. The van der Waals surface area contributed by atoms with Crippen LogP contribution in [-0.2, 0) is 0 Å². The molecule has 1 aromatic carbocycles. The van der Waals surface area contributed by atoms with Crippen LogP contribution in [0.3, 0.4) is 0 Å². The van der Waals surface area contributed by atoms with Crippen molar-refractivity contribution in [2.75, 3.05) is 25.0 Å². The van der Waals surface area contributed by atoms with Crippen LogP contribution in [0.2, 0.25) is 0 Å². The summed E-state index contributed by atoms with van der Waals surface area (Å²) in [6, 6.07) is 9.71. The highest BCUT2D eigenvalue weighted by Crippen LogP contribution is 2.24. The molecule has 2 aromatic rings. The van der Waals surface area contributed by atoms with Crippen molar-refractivity contribution in [2.45, 2.75) is 6.42 Å². The van der Waals surface area contributed by atoms with E-state index in [1.165, 1.54) is 6.07 Å². The number of hydrogen-bond donors (Lipinski definition) is 2. The third-order valence-corrected chi connectivity index (χ3v) is 4.07. The molecule has 1 fully saturated rings. The van der Waals surface area contributed by atoms with E-state index in [0.29, 0.717) is 42.6 Å². The van der Waals surface area contributed by atoms with Crippen molar-refractivity contribution in [3.63, 3.8) is 0 Å². The number of halogens is 1. The number of pyridine rings is 1. The molecular formula is C17H19FN4O. The molecular weight excluding hydrogens is 295 g/mol. The van der Waals surface area contributed by atoms with E-state index < -0.39 is 0 Å². The smallest absolute Gasteiger partial charge is 0.257 e. The number of nitrogens with zero attached hydrogens (tertiary/aromatic N) is 2. The van der Waals surface area contributed by atoms with Gasteiger partial charge in [-0.2, -0.15) is 0 Å². The van der Waals surface area contributed by atoms with Crippen LogP contribution in [0.5, 0.6) is 0 Å². The van der Waals surface area contributed by atoms with Gasteiger partial charge in [0.2, 0.25) is 0 Å². The highest BCUT2D eigenvalue weighted by molar-refractivity contribution is 5.99. The molecule has 23 heavy (non-hydrogen) atoms. The van der Waals surface area contributed by atoms with Crippen LogP contribution in [0.4, 0.5) is 15.9 Å². The van der Waals surface area contributed by atoms with Crippen molar-refractivity contribution < 1.29 is 9.18 Å². The first-order valence-corrected chi connectivity index (χ1v) is 7.65. The fraction of sp³-hybridized carbons (Fsp3) is 0.294. The quantitative estimate of drug-likeness (QED) is 0.909. The van der Waals surface area contributed by atoms with Gasteiger partial charge in [-0.3, -0.25) is 4.79 Å². The number of carbonyl (C=O) groups excluding carboxylic acids is 1. The molecule has 1 amide bonds. The van der Waals surface area contributed by atoms with Gasteiger partial charge in [0.1, 0.15) is 11.6 Å². The number of nitrogens with one attached hydrogen (secondary N) is 1. The molecule has 1 aliphatic heterocycles. The van der Waals surface area contributed by atoms with E-state index in [2.05, 4.69) is 10.3 Å². The fourth-order valence-electron chi connectivity index (χ4n) is 2.75. The maximum Gasteiger partial charge on any atom is 0.257 e. The van der Waals surface area contributed by atoms with Crippen LogP contribution in [0, 0.1) is 11.7 Å². The van der Waals surface area contributed by atoms with E-state index in [0.717, 1.165) is 6.42 Å². The lowest BCUT2D eigenvalue weighted by Crippen LogP contribution is -2.30. The number of para-hydroxylation sites is 1. The van der Waals surface area contributed by atoms with E-state index >= 15 is 0 Å². The molecule has 0 bridgehead atoms. The Hall–Kier alpha value is -2.47. The molecule has 0 spiro atoms. The third kappa shape index (κ3) is 3.32. The molecule has 1 aliphatic rings. The number of likely N-dealkylation sites (tertiary alicyclic amines) is 1. The summed E-state index contributed by atoms with van der Waals surface area (Å²) in [7, 11) is 0. The van der Waals surface area contributed by atoms with Crippen molar-refractivity contribution in [3.05, 3.63) is 54.0 Å². The number of hydrogen-bond acceptors (Lipinski definition) is 4. The van der Waals surface area contributed by atoms with E-state index in [1.807, 2.05) is 0 Å². The summed E-state index contributed by atoms with van der Waals surface area (Å²) < 4.78 is 13.8. The first-order chi connectivity index (χ1) is 11.2. The minimum atomic E-state index is -0.388. The summed E-state index contributed by atoms with van der Waals surface area (Å²) in [5.41, 5.74) is 6.41. The van der Waals surface area contributed by atoms with Crippen LogP contribution in [-0.4, -0.2) is 35.4 Å². The van der Waals surface area contributed by atoms with Crippen LogP contribution in [0.15, 0.2) is 42.6 Å². The van der Waals surface area contributed by atoms with Gasteiger partial charge in [-0.15, -0.1) is 0 Å². The van der Waals surface area contributed by atoms with Crippen molar-refractivity contribution in [3.8, 4) is 0 Å². The minimum Gasteiger partial charge on any atom is -0.338 e. The lowest BCUT2D eigenvalue weighted by atomic mass is 10.1. The lowest BCUT2D eigenvalue weighted by Gasteiger charge is -2.18. The summed E-state index contributed by atoms with van der Waals surface area (Å²) >= 11 is 0. The summed E-state index contributed by atoms with van der Waals surface area (Å²) in [4.78, 5) is 18.7. The molecule has 0 aliphatic carbocycles. The lowest BCUT2D eigenvalue weighted by molar-refractivity contribution is 0.0788. The normalized spacial score (nSPS) is 17.3. The Morgan fingerprint density at radius 2 is 2.17 bits per heavy atom. The van der Waals surface area contributed by atoms with E-state index in [1.54, 1.807) is 41.4 Å². The molecule has 0 saturated carbocycles. The van der Waals surface area contributed by atoms with Crippen molar-refractivity contribution in [2.24, 2.45) is 11.7 Å². The highest BCUT2D eigenvalue weighted by atomic mass is 19.1. The van der Waals surface area contributed by atoms with Crippen LogP contribution < -0.4 is 11.1 Å². The number of rotatable bonds is 4. The number of benzene rings is 1. The summed E-state index contributed by atoms with van der Waals surface area (Å²) in [5, 5.41) is 2.91. The summed E-state index contributed by atoms with van der Waals surface area (Å²) in [5.74, 6) is 0.214. The zero-order valence-electron chi connectivity index (χ0n) is 12.7. The van der Waals surface area contributed by atoms with Gasteiger partial charge < -0.3 is 16.0 Å². The Kier molecular flexibility index (Phi) is 4.52. The van der Waals surface area contributed by atoms with E-state index in [9.17, 15) is 9.18 Å². The monoisotopic (exact) mass is 314 g/mol. The molecule has 5 nitrogen and oxygen atoms in total. The molecule has 1 unspecified atom stereocenters. The van der Waals surface area contributed by atoms with Gasteiger partial charge in [-0.25, -0.2) is 9.37 Å². The van der Waals surface area contributed by atoms with Crippen molar-refractivity contribution in [1.82, 2.24) is 9.88 Å². The molecule has 2 heterocycles. The predicted molar refractivity (Wildman–Crippen MR) is 87.0 cm³/mol. The average molecular weight is 314 g/mol. The first-order valence-electron chi connectivity index (χ1n) is 7.65. The van der Waals surface area contributed by atoms with Gasteiger partial charge in [0.15, 0.2) is 0 Å². The maximum absolute atomic E-state index is 13.8. The van der Waals surface area contributed by atoms with Gasteiger partial charge >= 0.3 is 0 Å². The van der Waals surface area contributed by atoms with Crippen LogP contribution in [0.1, 0.15) is 16.8 Å². The third-order valence-electron chi connectivity index (χ3n) is 4.07. The van der Waals surface area contributed by atoms with E-state index in [-0.39, 0.29) is 11.7 Å². The predicted octanol–water partition coefficient (Wildman–Crippen LogP) is 2.39. The fourth-order valence-corrected chi connectivity index (χ4v) is 2.75. The molecule has 6 heteroatoms. The van der Waals surface area contributed by atoms with Crippen molar-refractivity contribution >= 4 is 17.4 Å². The molecule has 3 N–H and O–H groups in total. The SMILES string of the molecule is NCC1CCN(C(=O)c2cccnc2Nc2ccccc2F)C1. The second kappa shape index (κ2) is 6.75. The molecule has 1 atom stereocenters. The first kappa shape index (κ1) is 15.4. The van der Waals surface area contributed by atoms with Gasteiger partial charge in [-0.05, 0) is 43.1 Å². The largest absolute Gasteiger partial charge is 0.338 e. The number of anilines is 2. The molecule has 3 rings (SSSR count). The Morgan fingerprint density at radius 3 is 2.91 bits per heavy atom. The average Bonchev–Trinajstić information content (AvgIpc) is 3.06. The van der Waals surface area contributed by atoms with E-state index in [4.69, 9.17) is 5.73 Å². The highest BCUT2D eigenvalue weighted by Gasteiger charge is 2.27. The molecule has 120 valence electrons. The number of nitrogens with two attached hydrogens (primary N) is 1. The van der Waals surface area contributed by atoms with Crippen molar-refractivity contribution in [1.29, 1.82) is 0 Å². The Labute approximate surface area is 134 Å². The Bertz CT molecular complexity index is 706. The standard InChI is InChI=1S/C17H19FN4O/c18-14-5-1-2-6-15(14)21-16-13(4-3-8-20-16)17(23)22-9-7-12(10-19)11-22/h1-6,8,12H,7,9-11,19H2,(H,20,21). The topological polar surface area (TPSA) is 71.2 Å². The number of amides is 1. The van der Waals surface area contributed by atoms with Gasteiger partial charge in [0.05, 0.1) is 11.3 Å². The molecule has 1 saturated heterocycles. The number of aromatic nitrogens is 1. The summed E-state index contributed by atoms with van der Waals surface area (Å²) in [6.45, 7) is 1.93. The maximum atomic E-state index is 13.8. The van der Waals surface area contributed by atoms with Crippen LogP contribution in [0.25, 0.3) is 0 Å². The Morgan fingerprint density at radius 1 is 1.35 bits per heavy atom. The minimum absolute atomic E-state index is 0.104. The molecule has 1 aromatic heterocycles. The second-order valence-corrected chi connectivity index (χ2v) is 5.65. The summed E-state index contributed by atoms with van der Waals surface area (Å²) in [6.07, 6.45) is 2.49. The van der Waals surface area contributed by atoms with Crippen LogP contribution >= 0.6 is 0 Å². The number of carbonyl (C=O) groups is 1. The second-order valence-electron chi connectivity index (χ2n) is 5.65. The zero-order chi connectivity index (χ0) is 16.2.